The van der Waals surface area contributed by atoms with Gasteiger partial charge in [0.15, 0.2) is 0 Å². The van der Waals surface area contributed by atoms with E-state index in [4.69, 9.17) is 11.6 Å². The lowest BCUT2D eigenvalue weighted by Crippen LogP contribution is -2.11. The molecule has 84 valence electrons. The van der Waals surface area contributed by atoms with Crippen LogP contribution in [-0.4, -0.2) is 15.2 Å². The van der Waals surface area contributed by atoms with E-state index < -0.39 is 5.56 Å². The van der Waals surface area contributed by atoms with E-state index in [1.54, 1.807) is 11.3 Å². The quantitative estimate of drug-likeness (QED) is 0.879. The fourth-order valence-electron chi connectivity index (χ4n) is 1.18. The number of anilines is 1. The standard InChI is InChI=1S/C9H9ClN4OS/c1-5-13-6(4-16-5)2-11-7-3-12-14-9(15)8(7)10/h3-4H,2H2,1H3,(H2,11,14,15). The molecule has 2 aromatic heterocycles. The minimum atomic E-state index is -0.402. The van der Waals surface area contributed by atoms with E-state index in [9.17, 15) is 4.79 Å². The number of hydrogen-bond donors (Lipinski definition) is 2. The molecule has 0 amide bonds. The minimum absolute atomic E-state index is 0.113. The summed E-state index contributed by atoms with van der Waals surface area (Å²) in [5.74, 6) is 0. The van der Waals surface area contributed by atoms with Crippen molar-refractivity contribution >= 4 is 28.6 Å². The summed E-state index contributed by atoms with van der Waals surface area (Å²) in [6, 6.07) is 0. The van der Waals surface area contributed by atoms with E-state index in [0.29, 0.717) is 12.2 Å². The van der Waals surface area contributed by atoms with Gasteiger partial charge < -0.3 is 5.32 Å². The summed E-state index contributed by atoms with van der Waals surface area (Å²) in [6.07, 6.45) is 1.48. The van der Waals surface area contributed by atoms with Crippen LogP contribution in [-0.2, 0) is 6.54 Å². The van der Waals surface area contributed by atoms with Crippen molar-refractivity contribution in [2.75, 3.05) is 5.32 Å². The van der Waals surface area contributed by atoms with Gasteiger partial charge in [0.1, 0.15) is 5.02 Å². The fourth-order valence-corrected chi connectivity index (χ4v) is 1.95. The van der Waals surface area contributed by atoms with E-state index in [2.05, 4.69) is 20.5 Å². The lowest BCUT2D eigenvalue weighted by atomic mass is 10.4. The molecule has 2 aromatic rings. The Labute approximate surface area is 101 Å². The molecule has 0 radical (unpaired) electrons. The third-order valence-electron chi connectivity index (χ3n) is 1.92. The number of rotatable bonds is 3. The van der Waals surface area contributed by atoms with Crippen molar-refractivity contribution in [3.05, 3.63) is 37.7 Å². The summed E-state index contributed by atoms with van der Waals surface area (Å²) in [7, 11) is 0. The molecule has 5 nitrogen and oxygen atoms in total. The van der Waals surface area contributed by atoms with Crippen LogP contribution in [0.15, 0.2) is 16.4 Å². The van der Waals surface area contributed by atoms with Crippen LogP contribution in [0.1, 0.15) is 10.7 Å². The maximum atomic E-state index is 11.2. The maximum Gasteiger partial charge on any atom is 0.285 e. The van der Waals surface area contributed by atoms with Crippen LogP contribution in [0.25, 0.3) is 0 Å². The van der Waals surface area contributed by atoms with Gasteiger partial charge in [-0.3, -0.25) is 4.79 Å². The number of nitrogens with one attached hydrogen (secondary N) is 2. The zero-order valence-electron chi connectivity index (χ0n) is 8.45. The third-order valence-corrected chi connectivity index (χ3v) is 3.12. The minimum Gasteiger partial charge on any atom is -0.377 e. The number of aryl methyl sites for hydroxylation is 1. The Hall–Kier alpha value is -1.40. The summed E-state index contributed by atoms with van der Waals surface area (Å²) < 4.78 is 0. The molecule has 2 rings (SSSR count). The third kappa shape index (κ3) is 2.40. The van der Waals surface area contributed by atoms with Crippen molar-refractivity contribution in [1.29, 1.82) is 0 Å². The predicted molar refractivity (Wildman–Crippen MR) is 64.0 cm³/mol. The molecule has 2 heterocycles. The number of thiazole rings is 1. The molecule has 0 saturated carbocycles. The molecule has 0 fully saturated rings. The number of aromatic nitrogens is 3. The highest BCUT2D eigenvalue weighted by atomic mass is 35.5. The smallest absolute Gasteiger partial charge is 0.285 e. The van der Waals surface area contributed by atoms with Crippen LogP contribution in [0.3, 0.4) is 0 Å². The van der Waals surface area contributed by atoms with E-state index in [1.165, 1.54) is 6.20 Å². The Kier molecular flexibility index (Phi) is 3.21. The normalized spacial score (nSPS) is 10.4. The highest BCUT2D eigenvalue weighted by molar-refractivity contribution is 7.09. The second-order valence-corrected chi connectivity index (χ2v) is 4.58. The van der Waals surface area contributed by atoms with Gasteiger partial charge in [0, 0.05) is 5.38 Å². The molecule has 0 aliphatic heterocycles. The molecule has 0 aliphatic carbocycles. The van der Waals surface area contributed by atoms with Crippen molar-refractivity contribution in [3.8, 4) is 0 Å². The number of aromatic amines is 1. The first kappa shape index (κ1) is 11.1. The number of H-pyrrole nitrogens is 1. The largest absolute Gasteiger partial charge is 0.377 e. The van der Waals surface area contributed by atoms with E-state index >= 15 is 0 Å². The summed E-state index contributed by atoms with van der Waals surface area (Å²) in [5.41, 5.74) is 1.02. The number of halogens is 1. The average molecular weight is 257 g/mol. The van der Waals surface area contributed by atoms with Crippen molar-refractivity contribution in [2.45, 2.75) is 13.5 Å². The van der Waals surface area contributed by atoms with Crippen molar-refractivity contribution in [2.24, 2.45) is 0 Å². The molecular weight excluding hydrogens is 248 g/mol. The Morgan fingerprint density at radius 3 is 3.12 bits per heavy atom. The van der Waals surface area contributed by atoms with E-state index in [0.717, 1.165) is 10.7 Å². The average Bonchev–Trinajstić information content (AvgIpc) is 2.67. The summed E-state index contributed by atoms with van der Waals surface area (Å²) in [6.45, 7) is 2.46. The molecule has 0 unspecified atom stereocenters. The second-order valence-electron chi connectivity index (χ2n) is 3.14. The molecule has 0 aromatic carbocycles. The van der Waals surface area contributed by atoms with Crippen LogP contribution >= 0.6 is 22.9 Å². The SMILES string of the molecule is Cc1nc(CNc2cn[nH]c(=O)c2Cl)cs1. The lowest BCUT2D eigenvalue weighted by Gasteiger charge is -2.04. The van der Waals surface area contributed by atoms with Gasteiger partial charge in [-0.2, -0.15) is 5.10 Å². The maximum absolute atomic E-state index is 11.2. The highest BCUT2D eigenvalue weighted by Gasteiger charge is 2.05. The van der Waals surface area contributed by atoms with Crippen LogP contribution < -0.4 is 10.9 Å². The summed E-state index contributed by atoms with van der Waals surface area (Å²) >= 11 is 7.38. The van der Waals surface area contributed by atoms with Crippen LogP contribution in [0.4, 0.5) is 5.69 Å². The first-order chi connectivity index (χ1) is 7.66. The van der Waals surface area contributed by atoms with Crippen LogP contribution in [0, 0.1) is 6.92 Å². The molecule has 0 saturated heterocycles. The van der Waals surface area contributed by atoms with Gasteiger partial charge >= 0.3 is 0 Å². The Balaban J connectivity index is 2.10. The van der Waals surface area contributed by atoms with Gasteiger partial charge in [0.25, 0.3) is 5.56 Å². The topological polar surface area (TPSA) is 70.7 Å². The van der Waals surface area contributed by atoms with Crippen LogP contribution in [0.5, 0.6) is 0 Å². The molecular formula is C9H9ClN4OS. The van der Waals surface area contributed by atoms with Gasteiger partial charge in [-0.1, -0.05) is 11.6 Å². The Bertz CT molecular complexity index is 550. The fraction of sp³-hybridized carbons (Fsp3) is 0.222. The number of hydrogen-bond acceptors (Lipinski definition) is 5. The number of nitrogens with zero attached hydrogens (tertiary/aromatic N) is 2. The lowest BCUT2D eigenvalue weighted by molar-refractivity contribution is 0.975. The van der Waals surface area contributed by atoms with Crippen molar-refractivity contribution in [1.82, 2.24) is 15.2 Å². The van der Waals surface area contributed by atoms with Crippen molar-refractivity contribution in [3.63, 3.8) is 0 Å². The van der Waals surface area contributed by atoms with Gasteiger partial charge in [-0.15, -0.1) is 11.3 Å². The molecule has 7 heteroatoms. The molecule has 2 N–H and O–H groups in total. The second kappa shape index (κ2) is 4.63. The molecule has 16 heavy (non-hydrogen) atoms. The molecule has 0 atom stereocenters. The summed E-state index contributed by atoms with van der Waals surface area (Å²) in [4.78, 5) is 15.4. The zero-order chi connectivity index (χ0) is 11.5. The first-order valence-corrected chi connectivity index (χ1v) is 5.80. The van der Waals surface area contributed by atoms with Gasteiger partial charge in [-0.25, -0.2) is 10.1 Å². The van der Waals surface area contributed by atoms with Crippen LogP contribution in [0.2, 0.25) is 5.02 Å². The summed E-state index contributed by atoms with van der Waals surface area (Å²) in [5, 5.41) is 12.0. The van der Waals surface area contributed by atoms with Gasteiger partial charge in [-0.05, 0) is 6.92 Å². The van der Waals surface area contributed by atoms with E-state index in [-0.39, 0.29) is 5.02 Å². The van der Waals surface area contributed by atoms with Gasteiger partial charge in [0.05, 0.1) is 29.1 Å². The van der Waals surface area contributed by atoms with E-state index in [1.807, 2.05) is 12.3 Å². The molecule has 0 aliphatic rings. The Morgan fingerprint density at radius 1 is 1.62 bits per heavy atom. The predicted octanol–water partition coefficient (Wildman–Crippen LogP) is 1.80. The first-order valence-electron chi connectivity index (χ1n) is 4.55. The van der Waals surface area contributed by atoms with Gasteiger partial charge in [0.2, 0.25) is 0 Å². The zero-order valence-corrected chi connectivity index (χ0v) is 10.0. The monoisotopic (exact) mass is 256 g/mol. The van der Waals surface area contributed by atoms with Crippen molar-refractivity contribution < 1.29 is 0 Å². The molecule has 0 spiro atoms. The highest BCUT2D eigenvalue weighted by Crippen LogP contribution is 2.16. The molecule has 0 bridgehead atoms. The Morgan fingerprint density at radius 2 is 2.44 bits per heavy atom.